The second-order valence-electron chi connectivity index (χ2n) is 3.37. The van der Waals surface area contributed by atoms with Crippen molar-refractivity contribution < 1.29 is 19.0 Å². The van der Waals surface area contributed by atoms with Crippen molar-refractivity contribution in [2.45, 2.75) is 6.92 Å². The van der Waals surface area contributed by atoms with Gasteiger partial charge >= 0.3 is 5.97 Å². The topological polar surface area (TPSA) is 44.8 Å². The van der Waals surface area contributed by atoms with Gasteiger partial charge in [0.15, 0.2) is 11.5 Å². The van der Waals surface area contributed by atoms with E-state index in [0.29, 0.717) is 17.2 Å². The third kappa shape index (κ3) is 2.30. The van der Waals surface area contributed by atoms with E-state index in [1.54, 1.807) is 12.1 Å². The Bertz CT molecular complexity index is 488. The monoisotopic (exact) mass is 232 g/mol. The normalized spacial score (nSPS) is 12.8. The third-order valence-corrected chi connectivity index (χ3v) is 2.23. The fourth-order valence-electron chi connectivity index (χ4n) is 1.49. The Hall–Kier alpha value is -2.23. The highest BCUT2D eigenvalue weighted by Gasteiger charge is 2.17. The first-order valence-corrected chi connectivity index (χ1v) is 5.15. The second-order valence-corrected chi connectivity index (χ2v) is 3.37. The van der Waals surface area contributed by atoms with Gasteiger partial charge in [-0.05, 0) is 13.0 Å². The number of ether oxygens (including phenoxy) is 3. The van der Waals surface area contributed by atoms with Crippen molar-refractivity contribution in [2.24, 2.45) is 0 Å². The lowest BCUT2D eigenvalue weighted by Gasteiger charge is -2.07. The van der Waals surface area contributed by atoms with Crippen LogP contribution in [0.5, 0.6) is 17.2 Å². The molecule has 4 nitrogen and oxygen atoms in total. The van der Waals surface area contributed by atoms with E-state index in [1.807, 2.05) is 19.1 Å². The Labute approximate surface area is 99.1 Å². The zero-order valence-electron chi connectivity index (χ0n) is 9.43. The summed E-state index contributed by atoms with van der Waals surface area (Å²) in [6.07, 6.45) is 4.79. The zero-order valence-corrected chi connectivity index (χ0v) is 9.43. The van der Waals surface area contributed by atoms with Crippen LogP contribution < -0.4 is 14.2 Å². The molecule has 0 aromatic heterocycles. The quantitative estimate of drug-likeness (QED) is 0.456. The van der Waals surface area contributed by atoms with Crippen molar-refractivity contribution in [3.8, 4) is 17.2 Å². The van der Waals surface area contributed by atoms with Gasteiger partial charge in [-0.3, -0.25) is 0 Å². The smallest absolute Gasteiger partial charge is 0.335 e. The number of rotatable bonds is 3. The largest absolute Gasteiger partial charge is 0.454 e. The first kappa shape index (κ1) is 11.3. The molecule has 1 aromatic rings. The van der Waals surface area contributed by atoms with Crippen molar-refractivity contribution in [3.05, 3.63) is 36.4 Å². The average molecular weight is 232 g/mol. The number of esters is 1. The van der Waals surface area contributed by atoms with E-state index >= 15 is 0 Å². The Morgan fingerprint density at radius 3 is 2.76 bits per heavy atom. The molecule has 0 N–H and O–H groups in total. The minimum absolute atomic E-state index is 0.184. The predicted molar refractivity (Wildman–Crippen MR) is 63.1 cm³/mol. The van der Waals surface area contributed by atoms with E-state index in [9.17, 15) is 4.79 Å². The summed E-state index contributed by atoms with van der Waals surface area (Å²) in [7, 11) is 0. The van der Waals surface area contributed by atoms with Gasteiger partial charge in [0.1, 0.15) is 5.75 Å². The fourth-order valence-corrected chi connectivity index (χ4v) is 1.49. The van der Waals surface area contributed by atoms with Gasteiger partial charge in [-0.1, -0.05) is 18.7 Å². The van der Waals surface area contributed by atoms with Crippen LogP contribution in [0.3, 0.4) is 0 Å². The van der Waals surface area contributed by atoms with Crippen molar-refractivity contribution in [1.82, 2.24) is 0 Å². The van der Waals surface area contributed by atoms with Crippen LogP contribution >= 0.6 is 0 Å². The van der Waals surface area contributed by atoms with Crippen LogP contribution in [0.4, 0.5) is 0 Å². The van der Waals surface area contributed by atoms with E-state index in [4.69, 9.17) is 14.2 Å². The third-order valence-electron chi connectivity index (χ3n) is 2.23. The minimum Gasteiger partial charge on any atom is -0.454 e. The van der Waals surface area contributed by atoms with Crippen LogP contribution in [0.15, 0.2) is 30.9 Å². The van der Waals surface area contributed by atoms with E-state index in [1.165, 1.54) is 0 Å². The van der Waals surface area contributed by atoms with Crippen LogP contribution in [0.1, 0.15) is 12.5 Å². The first-order chi connectivity index (χ1) is 8.24. The second kappa shape index (κ2) is 4.74. The van der Waals surface area contributed by atoms with Crippen LogP contribution in [-0.4, -0.2) is 12.8 Å². The molecule has 17 heavy (non-hydrogen) atoms. The maximum Gasteiger partial charge on any atom is 0.335 e. The molecule has 0 fully saturated rings. The van der Waals surface area contributed by atoms with Gasteiger partial charge in [-0.25, -0.2) is 4.79 Å². The minimum atomic E-state index is -0.505. The van der Waals surface area contributed by atoms with Gasteiger partial charge < -0.3 is 14.2 Å². The van der Waals surface area contributed by atoms with Gasteiger partial charge in [0.25, 0.3) is 0 Å². The number of hydrogen-bond acceptors (Lipinski definition) is 4. The highest BCUT2D eigenvalue weighted by molar-refractivity contribution is 5.84. The van der Waals surface area contributed by atoms with E-state index in [2.05, 4.69) is 6.58 Å². The standard InChI is InChI=1S/C13H12O4/c1-3-5-9-6-11-12(16-8-15-11)7-10(9)17-13(14)4-2/h3-7H,2,8H2,1H3/b5-3+. The molecule has 0 radical (unpaired) electrons. The van der Waals surface area contributed by atoms with Crippen molar-refractivity contribution in [2.75, 3.05) is 6.79 Å². The molecule has 2 rings (SSSR count). The summed E-state index contributed by atoms with van der Waals surface area (Å²) in [5.74, 6) is 1.15. The van der Waals surface area contributed by atoms with E-state index in [0.717, 1.165) is 11.6 Å². The first-order valence-electron chi connectivity index (χ1n) is 5.15. The molecule has 4 heteroatoms. The maximum atomic E-state index is 11.2. The van der Waals surface area contributed by atoms with E-state index in [-0.39, 0.29) is 6.79 Å². The number of fused-ring (bicyclic) bond motifs is 1. The molecule has 1 aromatic carbocycles. The van der Waals surface area contributed by atoms with Crippen molar-refractivity contribution in [1.29, 1.82) is 0 Å². The Morgan fingerprint density at radius 2 is 2.12 bits per heavy atom. The summed E-state index contributed by atoms with van der Waals surface area (Å²) >= 11 is 0. The molecular weight excluding hydrogens is 220 g/mol. The van der Waals surface area contributed by atoms with Gasteiger partial charge in [0, 0.05) is 17.7 Å². The molecule has 0 saturated carbocycles. The molecule has 0 spiro atoms. The van der Waals surface area contributed by atoms with Crippen LogP contribution in [-0.2, 0) is 4.79 Å². The molecular formula is C13H12O4. The molecule has 0 unspecified atom stereocenters. The predicted octanol–water partition coefficient (Wildman–Crippen LogP) is 2.54. The highest BCUT2D eigenvalue weighted by atomic mass is 16.7. The van der Waals surface area contributed by atoms with Gasteiger partial charge in [0.05, 0.1) is 0 Å². The van der Waals surface area contributed by atoms with Crippen molar-refractivity contribution >= 4 is 12.0 Å². The van der Waals surface area contributed by atoms with Crippen LogP contribution in [0.2, 0.25) is 0 Å². The molecule has 0 aliphatic carbocycles. The van der Waals surface area contributed by atoms with Crippen LogP contribution in [0, 0.1) is 0 Å². The number of allylic oxidation sites excluding steroid dienone is 1. The van der Waals surface area contributed by atoms with E-state index < -0.39 is 5.97 Å². The lowest BCUT2D eigenvalue weighted by Crippen LogP contribution is -2.04. The summed E-state index contributed by atoms with van der Waals surface area (Å²) in [5, 5.41) is 0. The summed E-state index contributed by atoms with van der Waals surface area (Å²) in [6, 6.07) is 3.41. The Morgan fingerprint density at radius 1 is 1.41 bits per heavy atom. The maximum absolute atomic E-state index is 11.2. The molecule has 0 saturated heterocycles. The molecule has 1 heterocycles. The Balaban J connectivity index is 2.41. The number of carbonyl (C=O) groups is 1. The molecule has 0 amide bonds. The van der Waals surface area contributed by atoms with Gasteiger partial charge in [-0.2, -0.15) is 0 Å². The molecule has 1 aliphatic rings. The molecule has 0 bridgehead atoms. The lowest BCUT2D eigenvalue weighted by atomic mass is 10.1. The zero-order chi connectivity index (χ0) is 12.3. The average Bonchev–Trinajstić information content (AvgIpc) is 2.76. The van der Waals surface area contributed by atoms with Gasteiger partial charge in [-0.15, -0.1) is 0 Å². The summed E-state index contributed by atoms with van der Waals surface area (Å²) in [4.78, 5) is 11.2. The van der Waals surface area contributed by atoms with Crippen molar-refractivity contribution in [3.63, 3.8) is 0 Å². The fraction of sp³-hybridized carbons (Fsp3) is 0.154. The number of hydrogen-bond donors (Lipinski definition) is 0. The summed E-state index contributed by atoms with van der Waals surface area (Å²) in [6.45, 7) is 5.42. The van der Waals surface area contributed by atoms with Crippen LogP contribution in [0.25, 0.3) is 6.08 Å². The molecule has 0 atom stereocenters. The summed E-state index contributed by atoms with van der Waals surface area (Å²) in [5.41, 5.74) is 0.756. The summed E-state index contributed by atoms with van der Waals surface area (Å²) < 4.78 is 15.6. The van der Waals surface area contributed by atoms with Gasteiger partial charge in [0.2, 0.25) is 6.79 Å². The number of carbonyl (C=O) groups excluding carboxylic acids is 1. The highest BCUT2D eigenvalue weighted by Crippen LogP contribution is 2.38. The molecule has 1 aliphatic heterocycles. The Kier molecular flexibility index (Phi) is 3.14. The molecule has 88 valence electrons. The number of benzene rings is 1. The lowest BCUT2D eigenvalue weighted by molar-refractivity contribution is -0.128. The SMILES string of the molecule is C=CC(=O)Oc1cc2c(cc1/C=C/C)OCO2.